The van der Waals surface area contributed by atoms with E-state index < -0.39 is 6.10 Å². The molecule has 0 bridgehead atoms. The fraction of sp³-hybridized carbons (Fsp3) is 0.636. The molecule has 14 heavy (non-hydrogen) atoms. The van der Waals surface area contributed by atoms with E-state index in [4.69, 9.17) is 4.42 Å². The standard InChI is InChI=1S/C11H17BrO2/c1-11(2,3)6-4-9(13)10-8(12)5-7-14-10/h5,7,9,13H,4,6H2,1-3H3. The van der Waals surface area contributed by atoms with E-state index in [2.05, 4.69) is 36.7 Å². The fourth-order valence-electron chi connectivity index (χ4n) is 1.24. The highest BCUT2D eigenvalue weighted by atomic mass is 79.9. The molecule has 0 aliphatic carbocycles. The average Bonchev–Trinajstić information content (AvgIpc) is 2.46. The molecule has 0 aliphatic heterocycles. The minimum atomic E-state index is -0.501. The molecular formula is C11H17BrO2. The second-order valence-corrected chi connectivity index (χ2v) is 5.60. The summed E-state index contributed by atoms with van der Waals surface area (Å²) in [5, 5.41) is 9.83. The second-order valence-electron chi connectivity index (χ2n) is 4.75. The lowest BCUT2D eigenvalue weighted by molar-refractivity contribution is 0.123. The Kier molecular flexibility index (Phi) is 3.78. The number of furan rings is 1. The third-order valence-electron chi connectivity index (χ3n) is 2.12. The molecule has 1 atom stereocenters. The van der Waals surface area contributed by atoms with Crippen molar-refractivity contribution in [1.29, 1.82) is 0 Å². The van der Waals surface area contributed by atoms with Crippen LogP contribution in [0.25, 0.3) is 0 Å². The molecule has 0 aromatic carbocycles. The van der Waals surface area contributed by atoms with Crippen LogP contribution in [0.1, 0.15) is 45.5 Å². The molecule has 1 rings (SSSR count). The molecule has 2 nitrogen and oxygen atoms in total. The van der Waals surface area contributed by atoms with Gasteiger partial charge in [-0.05, 0) is 40.3 Å². The van der Waals surface area contributed by atoms with Crippen LogP contribution >= 0.6 is 15.9 Å². The van der Waals surface area contributed by atoms with Crippen LogP contribution in [0.3, 0.4) is 0 Å². The topological polar surface area (TPSA) is 33.4 Å². The summed E-state index contributed by atoms with van der Waals surface area (Å²) in [5.41, 5.74) is 0.250. The van der Waals surface area contributed by atoms with Crippen LogP contribution in [0, 0.1) is 5.41 Å². The minimum Gasteiger partial charge on any atom is -0.465 e. The average molecular weight is 261 g/mol. The van der Waals surface area contributed by atoms with Gasteiger partial charge in [0.2, 0.25) is 0 Å². The second kappa shape index (κ2) is 4.49. The van der Waals surface area contributed by atoms with Crippen LogP contribution in [0.2, 0.25) is 0 Å². The Bertz CT molecular complexity index is 286. The van der Waals surface area contributed by atoms with Crippen molar-refractivity contribution in [2.75, 3.05) is 0 Å². The first-order chi connectivity index (χ1) is 6.40. The van der Waals surface area contributed by atoms with Gasteiger partial charge in [-0.15, -0.1) is 0 Å². The Labute approximate surface area is 93.4 Å². The van der Waals surface area contributed by atoms with Crippen LogP contribution in [0.5, 0.6) is 0 Å². The number of halogens is 1. The van der Waals surface area contributed by atoms with Gasteiger partial charge in [0, 0.05) is 0 Å². The molecule has 0 aliphatic rings. The van der Waals surface area contributed by atoms with Crippen molar-refractivity contribution < 1.29 is 9.52 Å². The largest absolute Gasteiger partial charge is 0.465 e. The highest BCUT2D eigenvalue weighted by Gasteiger charge is 2.18. The summed E-state index contributed by atoms with van der Waals surface area (Å²) in [6.45, 7) is 6.49. The van der Waals surface area contributed by atoms with Crippen LogP contribution < -0.4 is 0 Å². The molecule has 0 amide bonds. The van der Waals surface area contributed by atoms with Gasteiger partial charge in [0.25, 0.3) is 0 Å². The normalized spacial score (nSPS) is 14.4. The summed E-state index contributed by atoms with van der Waals surface area (Å²) < 4.78 is 6.04. The lowest BCUT2D eigenvalue weighted by Gasteiger charge is -2.19. The molecule has 3 heteroatoms. The van der Waals surface area contributed by atoms with E-state index in [1.165, 1.54) is 0 Å². The monoisotopic (exact) mass is 260 g/mol. The Morgan fingerprint density at radius 3 is 2.57 bits per heavy atom. The van der Waals surface area contributed by atoms with Crippen LogP contribution in [-0.2, 0) is 0 Å². The smallest absolute Gasteiger partial charge is 0.146 e. The molecule has 0 spiro atoms. The van der Waals surface area contributed by atoms with E-state index in [-0.39, 0.29) is 5.41 Å². The maximum Gasteiger partial charge on any atom is 0.146 e. The van der Waals surface area contributed by atoms with Crippen molar-refractivity contribution in [3.05, 3.63) is 22.6 Å². The Balaban J connectivity index is 2.51. The highest BCUT2D eigenvalue weighted by Crippen LogP contribution is 2.31. The third-order valence-corrected chi connectivity index (χ3v) is 2.77. The zero-order chi connectivity index (χ0) is 10.8. The lowest BCUT2D eigenvalue weighted by Crippen LogP contribution is -2.08. The van der Waals surface area contributed by atoms with Gasteiger partial charge < -0.3 is 9.52 Å². The van der Waals surface area contributed by atoms with Gasteiger partial charge in [-0.2, -0.15) is 0 Å². The van der Waals surface area contributed by atoms with Gasteiger partial charge >= 0.3 is 0 Å². The van der Waals surface area contributed by atoms with Crippen molar-refractivity contribution >= 4 is 15.9 Å². The number of aliphatic hydroxyl groups excluding tert-OH is 1. The maximum absolute atomic E-state index is 9.83. The number of hydrogen-bond donors (Lipinski definition) is 1. The van der Waals surface area contributed by atoms with Crippen LogP contribution in [-0.4, -0.2) is 5.11 Å². The Morgan fingerprint density at radius 2 is 2.14 bits per heavy atom. The molecule has 1 heterocycles. The van der Waals surface area contributed by atoms with Crippen molar-refractivity contribution in [2.24, 2.45) is 5.41 Å². The summed E-state index contributed by atoms with van der Waals surface area (Å²) in [4.78, 5) is 0. The van der Waals surface area contributed by atoms with Gasteiger partial charge in [0.1, 0.15) is 11.9 Å². The molecule has 0 radical (unpaired) electrons. The summed E-state index contributed by atoms with van der Waals surface area (Å²) >= 11 is 3.33. The predicted octanol–water partition coefficient (Wildman–Crippen LogP) is 3.90. The Hall–Kier alpha value is -0.280. The SMILES string of the molecule is CC(C)(C)CCC(O)c1occc1Br. The molecule has 0 saturated carbocycles. The molecule has 80 valence electrons. The first-order valence-electron chi connectivity index (χ1n) is 4.81. The summed E-state index contributed by atoms with van der Waals surface area (Å²) in [7, 11) is 0. The van der Waals surface area contributed by atoms with Crippen molar-refractivity contribution in [3.63, 3.8) is 0 Å². The molecule has 0 fully saturated rings. The zero-order valence-corrected chi connectivity index (χ0v) is 10.5. The molecule has 1 N–H and O–H groups in total. The highest BCUT2D eigenvalue weighted by molar-refractivity contribution is 9.10. The first kappa shape index (κ1) is 11.8. The van der Waals surface area contributed by atoms with E-state index in [1.807, 2.05) is 0 Å². The van der Waals surface area contributed by atoms with Crippen molar-refractivity contribution in [1.82, 2.24) is 0 Å². The van der Waals surface area contributed by atoms with E-state index in [1.54, 1.807) is 12.3 Å². The predicted molar refractivity (Wildman–Crippen MR) is 60.1 cm³/mol. The molecular weight excluding hydrogens is 244 g/mol. The van der Waals surface area contributed by atoms with Crippen molar-refractivity contribution in [3.8, 4) is 0 Å². The lowest BCUT2D eigenvalue weighted by atomic mass is 9.89. The summed E-state index contributed by atoms with van der Waals surface area (Å²) in [6.07, 6.45) is 2.79. The number of hydrogen-bond acceptors (Lipinski definition) is 2. The zero-order valence-electron chi connectivity index (χ0n) is 8.88. The number of aliphatic hydroxyl groups is 1. The maximum atomic E-state index is 9.83. The quantitative estimate of drug-likeness (QED) is 0.895. The Morgan fingerprint density at radius 1 is 1.50 bits per heavy atom. The third kappa shape index (κ3) is 3.46. The summed E-state index contributed by atoms with van der Waals surface area (Å²) in [5.74, 6) is 0.634. The van der Waals surface area contributed by atoms with Gasteiger partial charge in [-0.3, -0.25) is 0 Å². The summed E-state index contributed by atoms with van der Waals surface area (Å²) in [6, 6.07) is 1.80. The molecule has 1 unspecified atom stereocenters. The van der Waals surface area contributed by atoms with Crippen LogP contribution in [0.15, 0.2) is 21.2 Å². The van der Waals surface area contributed by atoms with Gasteiger partial charge in [-0.1, -0.05) is 20.8 Å². The first-order valence-corrected chi connectivity index (χ1v) is 5.60. The minimum absolute atomic E-state index is 0.250. The van der Waals surface area contributed by atoms with E-state index in [9.17, 15) is 5.11 Å². The van der Waals surface area contributed by atoms with E-state index in [0.717, 1.165) is 17.3 Å². The van der Waals surface area contributed by atoms with E-state index in [0.29, 0.717) is 5.76 Å². The van der Waals surface area contributed by atoms with Gasteiger partial charge in [0.05, 0.1) is 10.7 Å². The van der Waals surface area contributed by atoms with Crippen molar-refractivity contribution in [2.45, 2.75) is 39.7 Å². The van der Waals surface area contributed by atoms with Gasteiger partial charge in [0.15, 0.2) is 0 Å². The number of rotatable bonds is 3. The van der Waals surface area contributed by atoms with Crippen LogP contribution in [0.4, 0.5) is 0 Å². The molecule has 0 saturated heterocycles. The molecule has 1 aromatic rings. The van der Waals surface area contributed by atoms with Gasteiger partial charge in [-0.25, -0.2) is 0 Å². The molecule has 1 aromatic heterocycles. The fourth-order valence-corrected chi connectivity index (χ4v) is 1.71. The van der Waals surface area contributed by atoms with E-state index >= 15 is 0 Å².